The van der Waals surface area contributed by atoms with Gasteiger partial charge in [0, 0.05) is 13.0 Å². The summed E-state index contributed by atoms with van der Waals surface area (Å²) in [5.41, 5.74) is 5.26. The topological polar surface area (TPSA) is 115 Å². The Morgan fingerprint density at radius 3 is 2.28 bits per heavy atom. The average molecular weight is 377 g/mol. The molecule has 7 nitrogen and oxygen atoms in total. The zero-order valence-corrected chi connectivity index (χ0v) is 13.9. The molecular formula is C15H15ClF2N2O5. The third-order valence-corrected chi connectivity index (χ3v) is 2.78. The molecule has 1 aliphatic heterocycles. The van der Waals surface area contributed by atoms with Gasteiger partial charge in [0.05, 0.1) is 6.20 Å². The van der Waals surface area contributed by atoms with Gasteiger partial charge in [-0.1, -0.05) is 11.6 Å². The molecule has 0 radical (unpaired) electrons. The monoisotopic (exact) mass is 376 g/mol. The zero-order valence-electron chi connectivity index (χ0n) is 13.2. The van der Waals surface area contributed by atoms with Crippen LogP contribution in [0.25, 0.3) is 0 Å². The van der Waals surface area contributed by atoms with Gasteiger partial charge in [-0.05, 0) is 30.7 Å². The van der Waals surface area contributed by atoms with Gasteiger partial charge < -0.3 is 25.4 Å². The summed E-state index contributed by atoms with van der Waals surface area (Å²) >= 11 is 5.56. The number of phenols is 1. The van der Waals surface area contributed by atoms with Gasteiger partial charge in [0.2, 0.25) is 5.91 Å². The minimum Gasteiger partial charge on any atom is -0.508 e. The van der Waals surface area contributed by atoms with Crippen LogP contribution in [0.2, 0.25) is 5.15 Å². The van der Waals surface area contributed by atoms with Gasteiger partial charge in [-0.2, -0.15) is 0 Å². The van der Waals surface area contributed by atoms with E-state index in [0.29, 0.717) is 5.15 Å². The van der Waals surface area contributed by atoms with Crippen molar-refractivity contribution in [2.75, 3.05) is 0 Å². The Labute approximate surface area is 146 Å². The van der Waals surface area contributed by atoms with E-state index in [1.807, 2.05) is 0 Å². The summed E-state index contributed by atoms with van der Waals surface area (Å²) in [5, 5.41) is 18.1. The number of primary amides is 1. The number of amides is 1. The van der Waals surface area contributed by atoms with E-state index in [0.717, 1.165) is 11.6 Å². The van der Waals surface area contributed by atoms with Crippen LogP contribution in [-0.4, -0.2) is 27.4 Å². The minimum absolute atomic E-state index is 0.0715. The zero-order chi connectivity index (χ0) is 19.2. The first-order chi connectivity index (χ1) is 11.5. The maximum absolute atomic E-state index is 12.3. The normalized spacial score (nSPS) is 13.0. The predicted octanol–water partition coefficient (Wildman–Crippen LogP) is 2.95. The summed E-state index contributed by atoms with van der Waals surface area (Å²) in [7, 11) is 0. The molecular weight excluding hydrogens is 362 g/mol. The summed E-state index contributed by atoms with van der Waals surface area (Å²) < 4.78 is 32.8. The molecule has 0 unspecified atom stereocenters. The quantitative estimate of drug-likeness (QED) is 0.609. The highest BCUT2D eigenvalue weighted by atomic mass is 35.5. The number of rotatable bonds is 0. The lowest BCUT2D eigenvalue weighted by atomic mass is 10.3. The molecule has 1 aromatic heterocycles. The predicted molar refractivity (Wildman–Crippen MR) is 84.8 cm³/mol. The van der Waals surface area contributed by atoms with E-state index >= 15 is 0 Å². The van der Waals surface area contributed by atoms with Crippen molar-refractivity contribution in [1.29, 1.82) is 0 Å². The number of carbonyl (C=O) groups is 1. The average Bonchev–Trinajstić information content (AvgIpc) is 2.76. The fourth-order valence-electron chi connectivity index (χ4n) is 1.48. The first kappa shape index (κ1) is 20.2. The Kier molecular flexibility index (Phi) is 6.75. The first-order valence-electron chi connectivity index (χ1n) is 6.66. The van der Waals surface area contributed by atoms with Crippen LogP contribution in [0.5, 0.6) is 23.0 Å². The molecule has 0 bridgehead atoms. The molecule has 0 aliphatic carbocycles. The minimum atomic E-state index is -3.61. The first-order valence-corrected chi connectivity index (χ1v) is 7.04. The van der Waals surface area contributed by atoms with Crippen molar-refractivity contribution in [2.24, 2.45) is 5.73 Å². The largest absolute Gasteiger partial charge is 0.586 e. The summed E-state index contributed by atoms with van der Waals surface area (Å²) in [6.07, 6.45) is -2.30. The number of hydrogen-bond donors (Lipinski definition) is 3. The molecule has 0 fully saturated rings. The van der Waals surface area contributed by atoms with Gasteiger partial charge in [0.15, 0.2) is 11.5 Å². The van der Waals surface area contributed by atoms with E-state index in [9.17, 15) is 13.6 Å². The molecule has 25 heavy (non-hydrogen) atoms. The maximum Gasteiger partial charge on any atom is 0.586 e. The van der Waals surface area contributed by atoms with E-state index in [1.54, 1.807) is 13.0 Å². The standard InChI is InChI=1S/C7H4F2O3.C6H6ClNO.C2H5NO/c8-7(9)11-5-2-1-4(10)3-6(5)12-7;1-4-2-5(9)3-8-6(4)7;1-2(3)4/h1-3,10H;2-3,9H,1H3;1H3,(H2,3,4). The number of nitrogens with two attached hydrogens (primary N) is 1. The van der Waals surface area contributed by atoms with Gasteiger partial charge in [-0.3, -0.25) is 4.79 Å². The van der Waals surface area contributed by atoms with Crippen LogP contribution < -0.4 is 15.2 Å². The number of phenolic OH excluding ortho intramolecular Hbond substituents is 1. The van der Waals surface area contributed by atoms with Gasteiger partial charge in [-0.15, -0.1) is 8.78 Å². The smallest absolute Gasteiger partial charge is 0.508 e. The maximum atomic E-state index is 12.3. The molecule has 0 spiro atoms. The highest BCUT2D eigenvalue weighted by Crippen LogP contribution is 2.42. The van der Waals surface area contributed by atoms with Crippen LogP contribution in [0, 0.1) is 6.92 Å². The molecule has 2 aromatic rings. The molecule has 136 valence electrons. The fraction of sp³-hybridized carbons (Fsp3) is 0.200. The molecule has 0 saturated heterocycles. The SMILES string of the molecule is CC(N)=O.Cc1cc(O)cnc1Cl.Oc1ccc2c(c1)OC(F)(F)O2. The fourth-order valence-corrected chi connectivity index (χ4v) is 1.58. The second-order valence-electron chi connectivity index (χ2n) is 4.71. The number of fused-ring (bicyclic) bond motifs is 1. The number of ether oxygens (including phenoxy) is 2. The number of pyridine rings is 1. The number of alkyl halides is 2. The number of aromatic nitrogens is 1. The van der Waals surface area contributed by atoms with E-state index in [1.165, 1.54) is 25.3 Å². The number of nitrogens with zero attached hydrogens (tertiary/aromatic N) is 1. The Bertz CT molecular complexity index is 755. The second-order valence-corrected chi connectivity index (χ2v) is 5.07. The lowest BCUT2D eigenvalue weighted by molar-refractivity contribution is -0.286. The third-order valence-electron chi connectivity index (χ3n) is 2.38. The van der Waals surface area contributed by atoms with Crippen molar-refractivity contribution in [2.45, 2.75) is 20.1 Å². The van der Waals surface area contributed by atoms with E-state index in [-0.39, 0.29) is 28.9 Å². The van der Waals surface area contributed by atoms with Crippen molar-refractivity contribution in [3.05, 3.63) is 41.2 Å². The number of aryl methyl sites for hydroxylation is 1. The lowest BCUT2D eigenvalue weighted by Crippen LogP contribution is -2.25. The number of carbonyl (C=O) groups excluding carboxylic acids is 1. The van der Waals surface area contributed by atoms with Gasteiger partial charge in [0.25, 0.3) is 0 Å². The lowest BCUT2D eigenvalue weighted by Gasteiger charge is -2.04. The Morgan fingerprint density at radius 1 is 1.20 bits per heavy atom. The van der Waals surface area contributed by atoms with Crippen molar-refractivity contribution in [3.8, 4) is 23.0 Å². The third kappa shape index (κ3) is 7.08. The van der Waals surface area contributed by atoms with Gasteiger partial charge in [-0.25, -0.2) is 4.98 Å². The molecule has 2 heterocycles. The van der Waals surface area contributed by atoms with Crippen LogP contribution in [-0.2, 0) is 4.79 Å². The Morgan fingerprint density at radius 2 is 1.76 bits per heavy atom. The summed E-state index contributed by atoms with van der Waals surface area (Å²) in [4.78, 5) is 12.9. The van der Waals surface area contributed by atoms with E-state index in [2.05, 4.69) is 20.2 Å². The van der Waals surface area contributed by atoms with Gasteiger partial charge in [0.1, 0.15) is 16.7 Å². The summed E-state index contributed by atoms with van der Waals surface area (Å²) in [5.74, 6) is -0.551. The molecule has 0 atom stereocenters. The van der Waals surface area contributed by atoms with E-state index < -0.39 is 6.29 Å². The highest BCUT2D eigenvalue weighted by Gasteiger charge is 2.43. The van der Waals surface area contributed by atoms with Crippen LogP contribution in [0.4, 0.5) is 8.78 Å². The molecule has 0 saturated carbocycles. The molecule has 1 aliphatic rings. The van der Waals surface area contributed by atoms with Crippen molar-refractivity contribution >= 4 is 17.5 Å². The van der Waals surface area contributed by atoms with Crippen molar-refractivity contribution < 1.29 is 33.3 Å². The number of aromatic hydroxyl groups is 2. The van der Waals surface area contributed by atoms with Crippen LogP contribution in [0.15, 0.2) is 30.5 Å². The van der Waals surface area contributed by atoms with E-state index in [4.69, 9.17) is 21.8 Å². The molecule has 1 amide bonds. The molecule has 4 N–H and O–H groups in total. The summed E-state index contributed by atoms with van der Waals surface area (Å²) in [6.45, 7) is 3.09. The Balaban J connectivity index is 0.000000213. The highest BCUT2D eigenvalue weighted by molar-refractivity contribution is 6.30. The van der Waals surface area contributed by atoms with Crippen LogP contribution in [0.1, 0.15) is 12.5 Å². The summed E-state index contributed by atoms with van der Waals surface area (Å²) in [6, 6.07) is 5.08. The second kappa shape index (κ2) is 8.34. The van der Waals surface area contributed by atoms with Crippen molar-refractivity contribution in [1.82, 2.24) is 4.98 Å². The number of benzene rings is 1. The van der Waals surface area contributed by atoms with Crippen LogP contribution in [0.3, 0.4) is 0 Å². The molecule has 3 rings (SSSR count). The van der Waals surface area contributed by atoms with Crippen LogP contribution >= 0.6 is 11.6 Å². The van der Waals surface area contributed by atoms with Gasteiger partial charge >= 0.3 is 6.29 Å². The number of hydrogen-bond acceptors (Lipinski definition) is 6. The Hall–Kier alpha value is -2.81. The number of halogens is 3. The molecule has 10 heteroatoms. The molecule has 1 aromatic carbocycles. The van der Waals surface area contributed by atoms with Crippen molar-refractivity contribution in [3.63, 3.8) is 0 Å².